The van der Waals surface area contributed by atoms with Gasteiger partial charge in [0.15, 0.2) is 0 Å². The predicted octanol–water partition coefficient (Wildman–Crippen LogP) is 3.47. The van der Waals surface area contributed by atoms with Crippen molar-refractivity contribution >= 4 is 34.0 Å². The van der Waals surface area contributed by atoms with E-state index in [1.54, 1.807) is 35.6 Å². The van der Waals surface area contributed by atoms with E-state index in [1.807, 2.05) is 13.8 Å². The average Bonchev–Trinajstić information content (AvgIpc) is 2.80. The molecule has 0 fully saturated rings. The Labute approximate surface area is 137 Å². The number of fused-ring (bicyclic) bond motifs is 1. The number of thiophene rings is 1. The molecule has 0 aliphatic carbocycles. The number of hydrogen-bond acceptors (Lipinski definition) is 5. The van der Waals surface area contributed by atoms with Crippen LogP contribution >= 0.6 is 11.3 Å². The Bertz CT molecular complexity index is 826. The molecule has 0 spiro atoms. The van der Waals surface area contributed by atoms with Crippen molar-refractivity contribution < 1.29 is 9.72 Å². The lowest BCUT2D eigenvalue weighted by Gasteiger charge is -2.23. The monoisotopic (exact) mass is 329 g/mol. The molecule has 3 rings (SSSR count). The van der Waals surface area contributed by atoms with E-state index in [2.05, 4.69) is 10.6 Å². The molecule has 1 aromatic heterocycles. The van der Waals surface area contributed by atoms with Crippen molar-refractivity contribution in [3.05, 3.63) is 62.0 Å². The van der Waals surface area contributed by atoms with Crippen LogP contribution in [0.3, 0.4) is 0 Å². The molecule has 6 nitrogen and oxygen atoms in total. The molecular formula is C16H15N3O3S. The van der Waals surface area contributed by atoms with Crippen molar-refractivity contribution in [2.24, 2.45) is 0 Å². The third kappa shape index (κ3) is 2.95. The molecule has 0 saturated carbocycles. The van der Waals surface area contributed by atoms with Crippen molar-refractivity contribution in [1.82, 2.24) is 5.32 Å². The highest BCUT2D eigenvalue weighted by Gasteiger charge is 2.26. The van der Waals surface area contributed by atoms with Crippen molar-refractivity contribution in [2.75, 3.05) is 5.32 Å². The number of nitrogens with one attached hydrogen (secondary N) is 2. The number of rotatable bonds is 3. The molecule has 1 atom stereocenters. The van der Waals surface area contributed by atoms with Gasteiger partial charge in [-0.1, -0.05) is 18.2 Å². The van der Waals surface area contributed by atoms with Gasteiger partial charge in [-0.3, -0.25) is 14.9 Å². The number of carbonyl (C=O) groups is 1. The Morgan fingerprint density at radius 1 is 1.30 bits per heavy atom. The topological polar surface area (TPSA) is 84.3 Å². The molecule has 1 aliphatic rings. The zero-order valence-corrected chi connectivity index (χ0v) is 13.4. The van der Waals surface area contributed by atoms with Gasteiger partial charge in [-0.2, -0.15) is 0 Å². The molecule has 0 saturated heterocycles. The average molecular weight is 329 g/mol. The van der Waals surface area contributed by atoms with Crippen LogP contribution in [0.5, 0.6) is 0 Å². The van der Waals surface area contributed by atoms with Gasteiger partial charge >= 0.3 is 0 Å². The third-order valence-corrected chi connectivity index (χ3v) is 4.89. The van der Waals surface area contributed by atoms with E-state index in [1.165, 1.54) is 12.1 Å². The second-order valence-electron chi connectivity index (χ2n) is 5.29. The van der Waals surface area contributed by atoms with Gasteiger partial charge in [-0.25, -0.2) is 0 Å². The highest BCUT2D eigenvalue weighted by molar-refractivity contribution is 7.16. The fraction of sp³-hybridized carbons (Fsp3) is 0.188. The van der Waals surface area contributed by atoms with Crippen molar-refractivity contribution in [3.8, 4) is 0 Å². The number of carbonyl (C=O) groups excluding carboxylic acids is 1. The highest BCUT2D eigenvalue weighted by Crippen LogP contribution is 2.34. The highest BCUT2D eigenvalue weighted by atomic mass is 32.1. The van der Waals surface area contributed by atoms with E-state index in [-0.39, 0.29) is 17.8 Å². The second-order valence-corrected chi connectivity index (χ2v) is 6.52. The Morgan fingerprint density at radius 3 is 2.83 bits per heavy atom. The van der Waals surface area contributed by atoms with E-state index in [0.29, 0.717) is 11.1 Å². The fourth-order valence-corrected chi connectivity index (χ4v) is 3.53. The van der Waals surface area contributed by atoms with Crippen LogP contribution in [0, 0.1) is 24.0 Å². The van der Waals surface area contributed by atoms with Crippen molar-refractivity contribution in [3.63, 3.8) is 0 Å². The largest absolute Gasteiger partial charge is 0.353 e. The van der Waals surface area contributed by atoms with Crippen LogP contribution in [0.4, 0.5) is 10.7 Å². The van der Waals surface area contributed by atoms with E-state index in [9.17, 15) is 14.9 Å². The van der Waals surface area contributed by atoms with Crippen molar-refractivity contribution in [1.29, 1.82) is 0 Å². The third-order valence-electron chi connectivity index (χ3n) is 3.75. The maximum absolute atomic E-state index is 12.2. The van der Waals surface area contributed by atoms with Crippen LogP contribution in [0.15, 0.2) is 30.3 Å². The Morgan fingerprint density at radius 2 is 2.09 bits per heavy atom. The second kappa shape index (κ2) is 5.85. The first kappa shape index (κ1) is 15.2. The van der Waals surface area contributed by atoms with Crippen LogP contribution in [0.1, 0.15) is 26.4 Å². The molecule has 1 unspecified atom stereocenters. The quantitative estimate of drug-likeness (QED) is 0.667. The van der Waals surface area contributed by atoms with Gasteiger partial charge in [0.1, 0.15) is 11.2 Å². The van der Waals surface area contributed by atoms with Gasteiger partial charge in [0, 0.05) is 17.0 Å². The SMILES string of the molecule is Cc1sc2c(c1C)C(=O)NC(C=Cc1cccc([N+](=O)[O-])c1)N2. The summed E-state index contributed by atoms with van der Waals surface area (Å²) >= 11 is 1.56. The summed E-state index contributed by atoms with van der Waals surface area (Å²) in [6, 6.07) is 6.35. The Kier molecular flexibility index (Phi) is 3.87. The van der Waals surface area contributed by atoms with E-state index in [0.717, 1.165) is 15.4 Å². The number of non-ortho nitro benzene ring substituents is 1. The maximum atomic E-state index is 12.2. The van der Waals surface area contributed by atoms with Crippen LogP contribution in [-0.2, 0) is 0 Å². The first-order valence-corrected chi connectivity index (χ1v) is 7.87. The molecule has 7 heteroatoms. The van der Waals surface area contributed by atoms with E-state index < -0.39 is 4.92 Å². The van der Waals surface area contributed by atoms with Crippen LogP contribution in [0.2, 0.25) is 0 Å². The van der Waals surface area contributed by atoms with Gasteiger partial charge in [0.2, 0.25) is 0 Å². The van der Waals surface area contributed by atoms with E-state index >= 15 is 0 Å². The molecule has 0 bridgehead atoms. The number of nitro groups is 1. The molecule has 1 amide bonds. The summed E-state index contributed by atoms with van der Waals surface area (Å²) < 4.78 is 0. The first-order chi connectivity index (χ1) is 11.0. The maximum Gasteiger partial charge on any atom is 0.270 e. The standard InChI is InChI=1S/C16H15N3O3S/c1-9-10(2)23-16-14(9)15(20)17-13(18-16)7-6-11-4-3-5-12(8-11)19(21)22/h3-8,13,18H,1-2H3,(H,17,20). The Hall–Kier alpha value is -2.67. The van der Waals surface area contributed by atoms with Gasteiger partial charge in [0.25, 0.3) is 11.6 Å². The zero-order valence-electron chi connectivity index (χ0n) is 12.6. The molecule has 2 aromatic rings. The number of nitro benzene ring substituents is 1. The number of anilines is 1. The normalized spacial score (nSPS) is 16.8. The number of aryl methyl sites for hydroxylation is 1. The smallest absolute Gasteiger partial charge is 0.270 e. The summed E-state index contributed by atoms with van der Waals surface area (Å²) in [7, 11) is 0. The lowest BCUT2D eigenvalue weighted by molar-refractivity contribution is -0.384. The molecule has 1 aliphatic heterocycles. The summed E-state index contributed by atoms with van der Waals surface area (Å²) in [5.41, 5.74) is 2.45. The van der Waals surface area contributed by atoms with Gasteiger partial charge in [0.05, 0.1) is 10.5 Å². The number of benzene rings is 1. The van der Waals surface area contributed by atoms with Crippen LogP contribution < -0.4 is 10.6 Å². The molecule has 2 heterocycles. The summed E-state index contributed by atoms with van der Waals surface area (Å²) in [6.45, 7) is 3.92. The minimum atomic E-state index is -0.429. The molecular weight excluding hydrogens is 314 g/mol. The molecule has 2 N–H and O–H groups in total. The minimum Gasteiger partial charge on any atom is -0.353 e. The number of hydrogen-bond donors (Lipinski definition) is 2. The fourth-order valence-electron chi connectivity index (χ4n) is 2.44. The zero-order chi connectivity index (χ0) is 16.6. The summed E-state index contributed by atoms with van der Waals surface area (Å²) in [6.07, 6.45) is 3.19. The number of nitrogens with zero attached hydrogens (tertiary/aromatic N) is 1. The van der Waals surface area contributed by atoms with Crippen molar-refractivity contribution in [2.45, 2.75) is 20.0 Å². The van der Waals surface area contributed by atoms with Crippen LogP contribution in [0.25, 0.3) is 6.08 Å². The molecule has 23 heavy (non-hydrogen) atoms. The summed E-state index contributed by atoms with van der Waals surface area (Å²) in [5, 5.41) is 17.8. The molecule has 1 aromatic carbocycles. The van der Waals surface area contributed by atoms with E-state index in [4.69, 9.17) is 0 Å². The molecule has 0 radical (unpaired) electrons. The minimum absolute atomic E-state index is 0.0413. The van der Waals surface area contributed by atoms with Gasteiger partial charge in [-0.05, 0) is 31.1 Å². The lowest BCUT2D eigenvalue weighted by Crippen LogP contribution is -2.43. The van der Waals surface area contributed by atoms with Crippen LogP contribution in [-0.4, -0.2) is 17.0 Å². The molecule has 118 valence electrons. The summed E-state index contributed by atoms with van der Waals surface area (Å²) in [5.74, 6) is -0.103. The predicted molar refractivity (Wildman–Crippen MR) is 90.8 cm³/mol. The first-order valence-electron chi connectivity index (χ1n) is 7.06. The summed E-state index contributed by atoms with van der Waals surface area (Å²) in [4.78, 5) is 23.7. The van der Waals surface area contributed by atoms with Gasteiger partial charge < -0.3 is 10.6 Å². The number of amides is 1. The Balaban J connectivity index is 1.80. The lowest BCUT2D eigenvalue weighted by atomic mass is 10.1. The van der Waals surface area contributed by atoms with Gasteiger partial charge in [-0.15, -0.1) is 11.3 Å².